The summed E-state index contributed by atoms with van der Waals surface area (Å²) in [6.45, 7) is 0. The van der Waals surface area contributed by atoms with E-state index < -0.39 is 10.7 Å². The predicted octanol–water partition coefficient (Wildman–Crippen LogP) is 3.11. The molecule has 0 amide bonds. The van der Waals surface area contributed by atoms with E-state index in [0.29, 0.717) is 5.75 Å². The van der Waals surface area contributed by atoms with E-state index in [1.54, 1.807) is 0 Å². The molecule has 1 aliphatic rings. The number of carbonyl (C=O) groups excluding carboxylic acids is 2. The minimum absolute atomic E-state index is 0.0959. The van der Waals surface area contributed by atoms with Gasteiger partial charge in [-0.05, 0) is 16.7 Å². The predicted molar refractivity (Wildman–Crippen MR) is 86.6 cm³/mol. The number of thioether (sulfide) groups is 1. The Morgan fingerprint density at radius 2 is 1.82 bits per heavy atom. The van der Waals surface area contributed by atoms with Crippen LogP contribution in [0.1, 0.15) is 16.7 Å². The topological polar surface area (TPSA) is 43.4 Å². The van der Waals surface area contributed by atoms with Gasteiger partial charge < -0.3 is 4.74 Å². The van der Waals surface area contributed by atoms with Gasteiger partial charge in [0, 0.05) is 12.2 Å². The Kier molecular flexibility index (Phi) is 4.03. The van der Waals surface area contributed by atoms with Gasteiger partial charge in [0.15, 0.2) is 10.5 Å². The van der Waals surface area contributed by atoms with Crippen LogP contribution < -0.4 is 0 Å². The van der Waals surface area contributed by atoms with Crippen molar-refractivity contribution >= 4 is 23.5 Å². The molecule has 0 saturated heterocycles. The number of ether oxygens (including phenoxy) is 1. The molecule has 0 spiro atoms. The van der Waals surface area contributed by atoms with Gasteiger partial charge in [-0.3, -0.25) is 4.79 Å². The smallest absolute Gasteiger partial charge is 0.334 e. The second-order valence-corrected chi connectivity index (χ2v) is 6.39. The van der Waals surface area contributed by atoms with Crippen LogP contribution in [-0.2, 0) is 31.2 Å². The molecule has 3 rings (SSSR count). The molecule has 0 heterocycles. The van der Waals surface area contributed by atoms with E-state index >= 15 is 0 Å². The molecule has 0 unspecified atom stereocenters. The summed E-state index contributed by atoms with van der Waals surface area (Å²) in [7, 11) is 1.33. The normalized spacial score (nSPS) is 19.8. The van der Waals surface area contributed by atoms with Crippen LogP contribution in [0.4, 0.5) is 0 Å². The summed E-state index contributed by atoms with van der Waals surface area (Å²) in [5.74, 6) is 0.000548. The molecule has 2 aromatic rings. The first-order chi connectivity index (χ1) is 10.7. The maximum Gasteiger partial charge on any atom is 0.334 e. The van der Waals surface area contributed by atoms with Gasteiger partial charge in [0.05, 0.1) is 7.11 Å². The van der Waals surface area contributed by atoms with E-state index in [4.69, 9.17) is 4.74 Å². The van der Waals surface area contributed by atoms with E-state index in [1.165, 1.54) is 18.9 Å². The Balaban J connectivity index is 1.99. The molecular weight excluding hydrogens is 296 g/mol. The van der Waals surface area contributed by atoms with Crippen molar-refractivity contribution in [1.29, 1.82) is 0 Å². The van der Waals surface area contributed by atoms with Gasteiger partial charge in [-0.15, -0.1) is 11.8 Å². The number of rotatable bonds is 4. The first-order valence-corrected chi connectivity index (χ1v) is 8.05. The lowest BCUT2D eigenvalue weighted by Gasteiger charge is -2.25. The van der Waals surface area contributed by atoms with Gasteiger partial charge in [0.2, 0.25) is 0 Å². The van der Waals surface area contributed by atoms with Crippen LogP contribution in [0.25, 0.3) is 0 Å². The Labute approximate surface area is 133 Å². The second kappa shape index (κ2) is 5.97. The van der Waals surface area contributed by atoms with E-state index in [0.717, 1.165) is 16.7 Å². The van der Waals surface area contributed by atoms with Gasteiger partial charge in [-0.25, -0.2) is 4.79 Å². The van der Waals surface area contributed by atoms with E-state index in [9.17, 15) is 9.59 Å². The van der Waals surface area contributed by atoms with Crippen molar-refractivity contribution in [2.45, 2.75) is 16.9 Å². The minimum Gasteiger partial charge on any atom is -0.467 e. The number of hydrogen-bond acceptors (Lipinski definition) is 4. The summed E-state index contributed by atoms with van der Waals surface area (Å²) in [5, 5.41) is 0. The first-order valence-electron chi connectivity index (χ1n) is 7.06. The molecule has 1 aliphatic carbocycles. The summed E-state index contributed by atoms with van der Waals surface area (Å²) in [5.41, 5.74) is 2.76. The zero-order valence-electron chi connectivity index (χ0n) is 12.2. The van der Waals surface area contributed by atoms with Gasteiger partial charge >= 0.3 is 5.97 Å². The highest BCUT2D eigenvalue weighted by Crippen LogP contribution is 2.47. The Morgan fingerprint density at radius 1 is 1.14 bits per heavy atom. The van der Waals surface area contributed by atoms with E-state index in [2.05, 4.69) is 0 Å². The molecule has 0 N–H and O–H groups in total. The molecule has 112 valence electrons. The van der Waals surface area contributed by atoms with Crippen molar-refractivity contribution in [1.82, 2.24) is 0 Å². The van der Waals surface area contributed by atoms with Crippen LogP contribution in [0.3, 0.4) is 0 Å². The zero-order chi connectivity index (χ0) is 15.6. The molecule has 0 radical (unpaired) electrons. The molecule has 1 atom stereocenters. The number of esters is 1. The van der Waals surface area contributed by atoms with Gasteiger partial charge in [-0.2, -0.15) is 0 Å². The summed E-state index contributed by atoms with van der Waals surface area (Å²) in [6.07, 6.45) is 0.285. The van der Waals surface area contributed by atoms with Crippen molar-refractivity contribution in [3.63, 3.8) is 0 Å². The largest absolute Gasteiger partial charge is 0.467 e. The van der Waals surface area contributed by atoms with Gasteiger partial charge in [-0.1, -0.05) is 54.6 Å². The number of carbonyl (C=O) groups is 2. The number of benzene rings is 2. The fraction of sp³-hybridized carbons (Fsp3) is 0.222. The maximum atomic E-state index is 12.7. The maximum absolute atomic E-state index is 12.7. The number of fused-ring (bicyclic) bond motifs is 1. The Hall–Kier alpha value is -2.07. The third-order valence-corrected chi connectivity index (χ3v) is 5.44. The van der Waals surface area contributed by atoms with Crippen molar-refractivity contribution in [2.75, 3.05) is 7.11 Å². The lowest BCUT2D eigenvalue weighted by atomic mass is 10.00. The molecular formula is C18H16O3S. The van der Waals surface area contributed by atoms with Crippen LogP contribution in [-0.4, -0.2) is 18.9 Å². The zero-order valence-corrected chi connectivity index (χ0v) is 13.1. The van der Waals surface area contributed by atoms with E-state index in [-0.39, 0.29) is 12.2 Å². The molecule has 4 heteroatoms. The minimum atomic E-state index is -1.23. The molecule has 0 fully saturated rings. The number of methoxy groups -OCH3 is 1. The summed E-state index contributed by atoms with van der Waals surface area (Å²) in [6, 6.07) is 17.3. The summed E-state index contributed by atoms with van der Waals surface area (Å²) in [4.78, 5) is 25.1. The van der Waals surface area contributed by atoms with Crippen LogP contribution in [0.5, 0.6) is 0 Å². The molecule has 3 nitrogen and oxygen atoms in total. The highest BCUT2D eigenvalue weighted by Gasteiger charge is 2.53. The van der Waals surface area contributed by atoms with Crippen molar-refractivity contribution in [2.24, 2.45) is 0 Å². The van der Waals surface area contributed by atoms with Crippen molar-refractivity contribution < 1.29 is 14.3 Å². The number of hydrogen-bond donors (Lipinski definition) is 0. The first kappa shape index (κ1) is 14.9. The second-order valence-electron chi connectivity index (χ2n) is 5.20. The van der Waals surface area contributed by atoms with E-state index in [1.807, 2.05) is 54.6 Å². The average molecular weight is 312 g/mol. The lowest BCUT2D eigenvalue weighted by molar-refractivity contribution is -0.146. The Bertz CT molecular complexity index is 701. The molecule has 0 aromatic heterocycles. The SMILES string of the molecule is COC(=O)[C@@]1(SCc2ccccc2)C(=O)Cc2ccccc21. The monoisotopic (exact) mass is 312 g/mol. The fourth-order valence-electron chi connectivity index (χ4n) is 2.82. The van der Waals surface area contributed by atoms with Gasteiger partial charge in [0.25, 0.3) is 0 Å². The molecule has 0 saturated carbocycles. The highest BCUT2D eigenvalue weighted by atomic mass is 32.2. The number of ketones is 1. The fourth-order valence-corrected chi connectivity index (χ4v) is 4.18. The van der Waals surface area contributed by atoms with Gasteiger partial charge in [0.1, 0.15) is 0 Å². The lowest BCUT2D eigenvalue weighted by Crippen LogP contribution is -2.38. The third kappa shape index (κ3) is 2.33. The third-order valence-electron chi connectivity index (χ3n) is 3.91. The molecule has 0 aliphatic heterocycles. The summed E-state index contributed by atoms with van der Waals surface area (Å²) < 4.78 is 3.74. The highest BCUT2D eigenvalue weighted by molar-refractivity contribution is 8.01. The molecule has 0 bridgehead atoms. The van der Waals surface area contributed by atoms with Crippen molar-refractivity contribution in [3.05, 3.63) is 71.3 Å². The van der Waals surface area contributed by atoms with Crippen LogP contribution in [0, 0.1) is 0 Å². The van der Waals surface area contributed by atoms with Crippen molar-refractivity contribution in [3.8, 4) is 0 Å². The van der Waals surface area contributed by atoms with Crippen LogP contribution >= 0.6 is 11.8 Å². The van der Waals surface area contributed by atoms with Crippen LogP contribution in [0.2, 0.25) is 0 Å². The average Bonchev–Trinajstić information content (AvgIpc) is 2.85. The molecule has 2 aromatic carbocycles. The standard InChI is InChI=1S/C18H16O3S/c1-21-17(20)18(22-12-13-7-3-2-4-8-13)15-10-6-5-9-14(15)11-16(18)19/h2-10H,11-12H2,1H3/t18-/m0/s1. The molecule has 22 heavy (non-hydrogen) atoms. The number of Topliss-reactive ketones (excluding diaryl/α,β-unsaturated/α-hetero) is 1. The summed E-state index contributed by atoms with van der Waals surface area (Å²) >= 11 is 1.34. The van der Waals surface area contributed by atoms with Crippen LogP contribution in [0.15, 0.2) is 54.6 Å². The quantitative estimate of drug-likeness (QED) is 0.643. The Morgan fingerprint density at radius 3 is 2.55 bits per heavy atom.